The van der Waals surface area contributed by atoms with Gasteiger partial charge < -0.3 is 11.1 Å². The maximum absolute atomic E-state index is 5.86. The van der Waals surface area contributed by atoms with Gasteiger partial charge in [-0.15, -0.1) is 0 Å². The van der Waals surface area contributed by atoms with E-state index in [9.17, 15) is 0 Å². The second kappa shape index (κ2) is 1.96. The molecule has 0 amide bonds. The highest BCUT2D eigenvalue weighted by molar-refractivity contribution is 4.94. The largest absolute Gasteiger partial charge is 0.326 e. The Labute approximate surface area is 55.8 Å². The van der Waals surface area contributed by atoms with E-state index in [-0.39, 0.29) is 0 Å². The smallest absolute Gasteiger partial charge is 0.0221 e. The van der Waals surface area contributed by atoms with Gasteiger partial charge in [0.05, 0.1) is 0 Å². The highest BCUT2D eigenvalue weighted by Crippen LogP contribution is 2.30. The minimum Gasteiger partial charge on any atom is -0.326 e. The Morgan fingerprint density at radius 2 is 2.22 bits per heavy atom. The summed E-state index contributed by atoms with van der Waals surface area (Å²) < 4.78 is 0. The summed E-state index contributed by atoms with van der Waals surface area (Å²) in [7, 11) is 0. The summed E-state index contributed by atoms with van der Waals surface area (Å²) in [5.41, 5.74) is 5.86. The van der Waals surface area contributed by atoms with Crippen LogP contribution in [-0.4, -0.2) is 18.6 Å². The van der Waals surface area contributed by atoms with Crippen LogP contribution >= 0.6 is 0 Å². The zero-order valence-corrected chi connectivity index (χ0v) is 5.64. The lowest BCUT2D eigenvalue weighted by atomic mass is 10.0. The molecular formula is C7H14N2. The molecule has 1 heterocycles. The first-order valence-electron chi connectivity index (χ1n) is 3.85. The fourth-order valence-electron chi connectivity index (χ4n) is 2.12. The quantitative estimate of drug-likeness (QED) is 0.482. The maximum atomic E-state index is 5.86. The van der Waals surface area contributed by atoms with E-state index in [4.69, 9.17) is 5.73 Å². The molecule has 3 N–H and O–H groups in total. The van der Waals surface area contributed by atoms with Gasteiger partial charge in [-0.05, 0) is 31.7 Å². The average molecular weight is 126 g/mol. The number of nitrogens with two attached hydrogens (primary N) is 1. The van der Waals surface area contributed by atoms with E-state index in [2.05, 4.69) is 5.32 Å². The van der Waals surface area contributed by atoms with E-state index in [1.807, 2.05) is 0 Å². The van der Waals surface area contributed by atoms with E-state index < -0.39 is 0 Å². The first kappa shape index (κ1) is 5.69. The summed E-state index contributed by atoms with van der Waals surface area (Å²) in [5, 5.41) is 3.44. The van der Waals surface area contributed by atoms with Gasteiger partial charge in [-0.2, -0.15) is 0 Å². The molecule has 1 saturated carbocycles. The van der Waals surface area contributed by atoms with Crippen LogP contribution in [0.1, 0.15) is 19.3 Å². The van der Waals surface area contributed by atoms with Crippen molar-refractivity contribution in [2.24, 2.45) is 11.7 Å². The zero-order valence-electron chi connectivity index (χ0n) is 5.64. The highest BCUT2D eigenvalue weighted by atomic mass is 15.0. The van der Waals surface area contributed by atoms with Crippen LogP contribution in [-0.2, 0) is 0 Å². The molecule has 0 aromatic rings. The molecule has 0 radical (unpaired) electrons. The third kappa shape index (κ3) is 0.864. The van der Waals surface area contributed by atoms with E-state index in [0.717, 1.165) is 5.92 Å². The second-order valence-electron chi connectivity index (χ2n) is 3.35. The van der Waals surface area contributed by atoms with Gasteiger partial charge in [-0.25, -0.2) is 0 Å². The lowest BCUT2D eigenvalue weighted by Crippen LogP contribution is -2.41. The van der Waals surface area contributed by atoms with Crippen LogP contribution in [0.2, 0.25) is 0 Å². The molecule has 2 bridgehead atoms. The molecule has 0 aromatic carbocycles. The number of fused-ring (bicyclic) bond motifs is 2. The Morgan fingerprint density at radius 1 is 1.33 bits per heavy atom. The van der Waals surface area contributed by atoms with E-state index in [0.29, 0.717) is 12.1 Å². The third-order valence-corrected chi connectivity index (χ3v) is 2.67. The number of nitrogens with one attached hydrogen (secondary N) is 1. The van der Waals surface area contributed by atoms with Crippen molar-refractivity contribution >= 4 is 0 Å². The Balaban J connectivity index is 2.07. The Bertz CT molecular complexity index is 111. The molecule has 3 atom stereocenters. The predicted octanol–water partition coefficient (Wildman–Crippen LogP) is 0.0856. The van der Waals surface area contributed by atoms with Crippen molar-refractivity contribution in [3.63, 3.8) is 0 Å². The topological polar surface area (TPSA) is 38.0 Å². The summed E-state index contributed by atoms with van der Waals surface area (Å²) >= 11 is 0. The van der Waals surface area contributed by atoms with Gasteiger partial charge in [-0.1, -0.05) is 0 Å². The molecule has 2 nitrogen and oxygen atoms in total. The molecule has 3 unspecified atom stereocenters. The van der Waals surface area contributed by atoms with Gasteiger partial charge >= 0.3 is 0 Å². The van der Waals surface area contributed by atoms with Crippen molar-refractivity contribution in [2.75, 3.05) is 6.54 Å². The number of rotatable bonds is 0. The van der Waals surface area contributed by atoms with Crippen molar-refractivity contribution in [3.05, 3.63) is 0 Å². The number of hydrogen-bond donors (Lipinski definition) is 2. The average Bonchev–Trinajstić information content (AvgIpc) is 2.09. The lowest BCUT2D eigenvalue weighted by Gasteiger charge is -2.20. The van der Waals surface area contributed by atoms with Gasteiger partial charge in [0, 0.05) is 12.1 Å². The van der Waals surface area contributed by atoms with Crippen molar-refractivity contribution < 1.29 is 0 Å². The minimum atomic E-state index is 0.456. The van der Waals surface area contributed by atoms with Crippen LogP contribution < -0.4 is 11.1 Å². The Morgan fingerprint density at radius 3 is 2.89 bits per heavy atom. The van der Waals surface area contributed by atoms with E-state index in [1.165, 1.54) is 25.8 Å². The standard InChI is InChI=1S/C7H14N2/c8-6-3-5-1-2-9-7(6)4-5/h5-7,9H,1-4,8H2. The fraction of sp³-hybridized carbons (Fsp3) is 1.00. The molecule has 0 spiro atoms. The van der Waals surface area contributed by atoms with Crippen LogP contribution in [0.25, 0.3) is 0 Å². The van der Waals surface area contributed by atoms with Crippen LogP contribution in [0.5, 0.6) is 0 Å². The molecule has 2 heteroatoms. The van der Waals surface area contributed by atoms with E-state index >= 15 is 0 Å². The van der Waals surface area contributed by atoms with Crippen molar-refractivity contribution in [3.8, 4) is 0 Å². The first-order valence-corrected chi connectivity index (χ1v) is 3.85. The Kier molecular flexibility index (Phi) is 1.24. The third-order valence-electron chi connectivity index (χ3n) is 2.67. The van der Waals surface area contributed by atoms with Gasteiger partial charge in [0.2, 0.25) is 0 Å². The number of piperidine rings is 1. The second-order valence-corrected chi connectivity index (χ2v) is 3.35. The van der Waals surface area contributed by atoms with Crippen molar-refractivity contribution in [1.82, 2.24) is 5.32 Å². The van der Waals surface area contributed by atoms with Crippen molar-refractivity contribution in [1.29, 1.82) is 0 Å². The summed E-state index contributed by atoms with van der Waals surface area (Å²) in [5.74, 6) is 0.950. The fourth-order valence-corrected chi connectivity index (χ4v) is 2.12. The summed E-state index contributed by atoms with van der Waals surface area (Å²) in [6.07, 6.45) is 3.95. The SMILES string of the molecule is NC1CC2CCNC1C2. The molecule has 1 saturated heterocycles. The summed E-state index contributed by atoms with van der Waals surface area (Å²) in [6, 6.07) is 1.11. The predicted molar refractivity (Wildman–Crippen MR) is 37.1 cm³/mol. The zero-order chi connectivity index (χ0) is 6.27. The molecule has 2 fully saturated rings. The van der Waals surface area contributed by atoms with Crippen molar-refractivity contribution in [2.45, 2.75) is 31.3 Å². The highest BCUT2D eigenvalue weighted by Gasteiger charge is 2.34. The molecule has 52 valence electrons. The summed E-state index contributed by atoms with van der Waals surface area (Å²) in [4.78, 5) is 0. The van der Waals surface area contributed by atoms with Gasteiger partial charge in [0.15, 0.2) is 0 Å². The molecule has 9 heavy (non-hydrogen) atoms. The molecular weight excluding hydrogens is 112 g/mol. The molecule has 0 aromatic heterocycles. The molecule has 1 aliphatic carbocycles. The van der Waals surface area contributed by atoms with Gasteiger partial charge in [0.1, 0.15) is 0 Å². The summed E-state index contributed by atoms with van der Waals surface area (Å²) in [6.45, 7) is 1.20. The van der Waals surface area contributed by atoms with Crippen LogP contribution in [0.4, 0.5) is 0 Å². The minimum absolute atomic E-state index is 0.456. The first-order chi connectivity index (χ1) is 4.36. The van der Waals surface area contributed by atoms with Crippen LogP contribution in [0.3, 0.4) is 0 Å². The number of hydrogen-bond acceptors (Lipinski definition) is 2. The van der Waals surface area contributed by atoms with E-state index in [1.54, 1.807) is 0 Å². The monoisotopic (exact) mass is 126 g/mol. The lowest BCUT2D eigenvalue weighted by molar-refractivity contribution is 0.386. The molecule has 2 aliphatic rings. The maximum Gasteiger partial charge on any atom is 0.0221 e. The van der Waals surface area contributed by atoms with Gasteiger partial charge in [0.25, 0.3) is 0 Å². The van der Waals surface area contributed by atoms with Crippen LogP contribution in [0.15, 0.2) is 0 Å². The Hall–Kier alpha value is -0.0800. The molecule has 1 aliphatic heterocycles. The van der Waals surface area contributed by atoms with Crippen LogP contribution in [0, 0.1) is 5.92 Å². The molecule has 2 rings (SSSR count). The normalized spacial score (nSPS) is 49.7. The van der Waals surface area contributed by atoms with Gasteiger partial charge in [-0.3, -0.25) is 0 Å².